The zero-order chi connectivity index (χ0) is 13.4. The zero-order valence-electron chi connectivity index (χ0n) is 10.2. The molecule has 0 saturated carbocycles. The number of carbonyl (C=O) groups is 2. The van der Waals surface area contributed by atoms with E-state index in [1.165, 1.54) is 11.8 Å². The smallest absolute Gasteiger partial charge is 0.303 e. The Morgan fingerprint density at radius 1 is 1.44 bits per heavy atom. The Balaban J connectivity index is 2.38. The van der Waals surface area contributed by atoms with E-state index in [4.69, 9.17) is 5.11 Å². The highest BCUT2D eigenvalue weighted by molar-refractivity contribution is 7.98. The summed E-state index contributed by atoms with van der Waals surface area (Å²) in [6.45, 7) is 0.481. The van der Waals surface area contributed by atoms with Gasteiger partial charge in [-0.1, -0.05) is 0 Å². The topological polar surface area (TPSA) is 79.3 Å². The van der Waals surface area contributed by atoms with Crippen LogP contribution in [-0.2, 0) is 4.79 Å². The molecule has 0 fully saturated rings. The first kappa shape index (κ1) is 14.5. The predicted molar refractivity (Wildman–Crippen MR) is 69.8 cm³/mol. The Kier molecular flexibility index (Phi) is 6.21. The summed E-state index contributed by atoms with van der Waals surface area (Å²) in [6, 6.07) is 3.45. The highest BCUT2D eigenvalue weighted by Crippen LogP contribution is 2.16. The Morgan fingerprint density at radius 2 is 2.22 bits per heavy atom. The highest BCUT2D eigenvalue weighted by Gasteiger charge is 2.10. The van der Waals surface area contributed by atoms with Crippen molar-refractivity contribution in [3.63, 3.8) is 0 Å². The maximum atomic E-state index is 11.8. The van der Waals surface area contributed by atoms with Gasteiger partial charge in [0, 0.05) is 19.2 Å². The normalized spacial score (nSPS) is 10.1. The van der Waals surface area contributed by atoms with Crippen LogP contribution in [0.25, 0.3) is 0 Å². The summed E-state index contributed by atoms with van der Waals surface area (Å²) >= 11 is 1.42. The number of amides is 1. The molecule has 1 aromatic rings. The summed E-state index contributed by atoms with van der Waals surface area (Å²) in [4.78, 5) is 26.3. The van der Waals surface area contributed by atoms with E-state index in [0.29, 0.717) is 30.0 Å². The first-order chi connectivity index (χ1) is 8.65. The van der Waals surface area contributed by atoms with Crippen molar-refractivity contribution in [2.24, 2.45) is 0 Å². The molecule has 18 heavy (non-hydrogen) atoms. The maximum Gasteiger partial charge on any atom is 0.303 e. The molecule has 2 N–H and O–H groups in total. The second-order valence-corrected chi connectivity index (χ2v) is 4.46. The lowest BCUT2D eigenvalue weighted by atomic mass is 10.2. The van der Waals surface area contributed by atoms with Crippen molar-refractivity contribution in [2.45, 2.75) is 24.3 Å². The van der Waals surface area contributed by atoms with Crippen molar-refractivity contribution in [3.8, 4) is 0 Å². The van der Waals surface area contributed by atoms with E-state index >= 15 is 0 Å². The summed E-state index contributed by atoms with van der Waals surface area (Å²) in [5.74, 6) is -0.971. The second-order valence-electron chi connectivity index (χ2n) is 3.67. The number of aliphatic carboxylic acids is 1. The van der Waals surface area contributed by atoms with E-state index in [-0.39, 0.29) is 12.3 Å². The van der Waals surface area contributed by atoms with Gasteiger partial charge in [-0.25, -0.2) is 4.98 Å². The Bertz CT molecular complexity index is 424. The number of unbranched alkanes of at least 4 members (excludes halogenated alkanes) is 1. The van der Waals surface area contributed by atoms with Gasteiger partial charge in [-0.3, -0.25) is 9.59 Å². The second kappa shape index (κ2) is 7.71. The van der Waals surface area contributed by atoms with Crippen molar-refractivity contribution >= 4 is 23.6 Å². The summed E-state index contributed by atoms with van der Waals surface area (Å²) in [6.07, 6.45) is 4.88. The van der Waals surface area contributed by atoms with E-state index in [1.807, 2.05) is 6.26 Å². The molecule has 0 atom stereocenters. The fraction of sp³-hybridized carbons (Fsp3) is 0.417. The SMILES string of the molecule is CSc1ncccc1C(=O)NCCCCC(=O)O. The van der Waals surface area contributed by atoms with Gasteiger partial charge >= 0.3 is 5.97 Å². The van der Waals surface area contributed by atoms with Crippen LogP contribution in [0, 0.1) is 0 Å². The Morgan fingerprint density at radius 3 is 2.89 bits per heavy atom. The van der Waals surface area contributed by atoms with Crippen molar-refractivity contribution in [3.05, 3.63) is 23.9 Å². The van der Waals surface area contributed by atoms with Gasteiger partial charge in [0.2, 0.25) is 0 Å². The molecule has 1 heterocycles. The van der Waals surface area contributed by atoms with Crippen molar-refractivity contribution < 1.29 is 14.7 Å². The number of pyridine rings is 1. The monoisotopic (exact) mass is 268 g/mol. The van der Waals surface area contributed by atoms with E-state index in [1.54, 1.807) is 18.3 Å². The highest BCUT2D eigenvalue weighted by atomic mass is 32.2. The zero-order valence-corrected chi connectivity index (χ0v) is 11.0. The molecular formula is C12H16N2O3S. The number of hydrogen-bond donors (Lipinski definition) is 2. The van der Waals surface area contributed by atoms with Gasteiger partial charge in [0.15, 0.2) is 0 Å². The fourth-order valence-electron chi connectivity index (χ4n) is 1.42. The minimum Gasteiger partial charge on any atom is -0.481 e. The van der Waals surface area contributed by atoms with Gasteiger partial charge in [-0.05, 0) is 31.2 Å². The van der Waals surface area contributed by atoms with Gasteiger partial charge in [0.25, 0.3) is 5.91 Å². The average Bonchev–Trinajstić information content (AvgIpc) is 2.37. The average molecular weight is 268 g/mol. The summed E-state index contributed by atoms with van der Waals surface area (Å²) in [5.41, 5.74) is 0.559. The number of carbonyl (C=O) groups excluding carboxylic acids is 1. The molecule has 0 aliphatic heterocycles. The summed E-state index contributed by atoms with van der Waals surface area (Å²) in [5, 5.41) is 11.9. The molecule has 0 unspecified atom stereocenters. The third-order valence-electron chi connectivity index (χ3n) is 2.31. The number of aromatic nitrogens is 1. The number of nitrogens with zero attached hydrogens (tertiary/aromatic N) is 1. The molecule has 0 aromatic carbocycles. The van der Waals surface area contributed by atoms with Crippen LogP contribution >= 0.6 is 11.8 Å². The van der Waals surface area contributed by atoms with Gasteiger partial charge in [-0.15, -0.1) is 11.8 Å². The fourth-order valence-corrected chi connectivity index (χ4v) is 1.97. The Hall–Kier alpha value is -1.56. The van der Waals surface area contributed by atoms with Gasteiger partial charge < -0.3 is 10.4 Å². The molecule has 0 spiro atoms. The quantitative estimate of drug-likeness (QED) is 0.582. The third kappa shape index (κ3) is 4.75. The van der Waals surface area contributed by atoms with Gasteiger partial charge in [0.05, 0.1) is 5.56 Å². The minimum absolute atomic E-state index is 0.138. The largest absolute Gasteiger partial charge is 0.481 e. The number of carboxylic acids is 1. The van der Waals surface area contributed by atoms with Crippen LogP contribution in [0.5, 0.6) is 0 Å². The first-order valence-electron chi connectivity index (χ1n) is 5.64. The maximum absolute atomic E-state index is 11.8. The van der Waals surface area contributed by atoms with E-state index in [9.17, 15) is 9.59 Å². The van der Waals surface area contributed by atoms with E-state index < -0.39 is 5.97 Å². The van der Waals surface area contributed by atoms with E-state index in [0.717, 1.165) is 0 Å². The lowest BCUT2D eigenvalue weighted by molar-refractivity contribution is -0.137. The first-order valence-corrected chi connectivity index (χ1v) is 6.86. The molecule has 1 aromatic heterocycles. The number of carboxylic acid groups (broad SMARTS) is 1. The number of nitrogens with one attached hydrogen (secondary N) is 1. The van der Waals surface area contributed by atoms with Crippen LogP contribution in [0.3, 0.4) is 0 Å². The number of rotatable bonds is 7. The van der Waals surface area contributed by atoms with Crippen molar-refractivity contribution in [1.29, 1.82) is 0 Å². The van der Waals surface area contributed by atoms with E-state index in [2.05, 4.69) is 10.3 Å². The molecule has 1 amide bonds. The molecule has 0 bridgehead atoms. The van der Waals surface area contributed by atoms with Crippen LogP contribution in [-0.4, -0.2) is 34.8 Å². The van der Waals surface area contributed by atoms with Gasteiger partial charge in [0.1, 0.15) is 5.03 Å². The molecule has 5 nitrogen and oxygen atoms in total. The molecule has 0 aliphatic rings. The number of hydrogen-bond acceptors (Lipinski definition) is 4. The lowest BCUT2D eigenvalue weighted by Gasteiger charge is -2.07. The summed E-state index contributed by atoms with van der Waals surface area (Å²) in [7, 11) is 0. The van der Waals surface area contributed by atoms with Crippen LogP contribution in [0.2, 0.25) is 0 Å². The lowest BCUT2D eigenvalue weighted by Crippen LogP contribution is -2.25. The van der Waals surface area contributed by atoms with Crippen molar-refractivity contribution in [2.75, 3.05) is 12.8 Å². The van der Waals surface area contributed by atoms with Gasteiger partial charge in [-0.2, -0.15) is 0 Å². The Labute approximate surface area is 110 Å². The van der Waals surface area contributed by atoms with Crippen LogP contribution in [0.4, 0.5) is 0 Å². The molecule has 0 radical (unpaired) electrons. The third-order valence-corrected chi connectivity index (χ3v) is 3.02. The molecule has 98 valence electrons. The molecule has 6 heteroatoms. The molecule has 1 rings (SSSR count). The standard InChI is InChI=1S/C12H16N2O3S/c1-18-12-9(5-4-8-14-12)11(17)13-7-3-2-6-10(15)16/h4-5,8H,2-3,6-7H2,1H3,(H,13,17)(H,15,16). The summed E-state index contributed by atoms with van der Waals surface area (Å²) < 4.78 is 0. The molecule has 0 saturated heterocycles. The number of thioether (sulfide) groups is 1. The minimum atomic E-state index is -0.807. The predicted octanol–water partition coefficient (Wildman–Crippen LogP) is 1.79. The molecular weight excluding hydrogens is 252 g/mol. The van der Waals surface area contributed by atoms with Crippen LogP contribution in [0.1, 0.15) is 29.6 Å². The van der Waals surface area contributed by atoms with Crippen LogP contribution < -0.4 is 5.32 Å². The molecule has 0 aliphatic carbocycles. The van der Waals surface area contributed by atoms with Crippen LogP contribution in [0.15, 0.2) is 23.4 Å². The van der Waals surface area contributed by atoms with Crippen molar-refractivity contribution in [1.82, 2.24) is 10.3 Å².